The van der Waals surface area contributed by atoms with E-state index in [4.69, 9.17) is 0 Å². The van der Waals surface area contributed by atoms with Crippen LogP contribution in [0.25, 0.3) is 0 Å². The van der Waals surface area contributed by atoms with Gasteiger partial charge in [-0.05, 0) is 41.3 Å². The van der Waals surface area contributed by atoms with Gasteiger partial charge in [-0.1, -0.05) is 39.0 Å². The Hall–Kier alpha value is -2.71. The van der Waals surface area contributed by atoms with Crippen molar-refractivity contribution in [3.8, 4) is 0 Å². The third kappa shape index (κ3) is 3.90. The van der Waals surface area contributed by atoms with E-state index in [9.17, 15) is 9.59 Å². The molecule has 2 aromatic carbocycles. The maximum atomic E-state index is 12.2. The van der Waals surface area contributed by atoms with E-state index < -0.39 is 0 Å². The third-order valence-corrected chi connectivity index (χ3v) is 3.29. The molecule has 0 atom stereocenters. The van der Waals surface area contributed by atoms with Gasteiger partial charge in [-0.15, -0.1) is 0 Å². The Morgan fingerprint density at radius 2 is 1.77 bits per heavy atom. The zero-order valence-electron chi connectivity index (χ0n) is 12.9. The lowest BCUT2D eigenvalue weighted by Crippen LogP contribution is -2.14. The number of hydrogen-bond acceptors (Lipinski definition) is 3. The van der Waals surface area contributed by atoms with Crippen LogP contribution < -0.4 is 5.32 Å². The third-order valence-electron chi connectivity index (χ3n) is 3.29. The standard InChI is InChI=1S/C18H18N2O2/c1-18(2,3)14-9-7-13(8-10-14)17(22)20-16-6-4-5-15(11-16)19-12-21/h4-11H,1-3H3,(H,20,22). The molecule has 4 heteroatoms. The number of anilines is 1. The number of nitrogens with zero attached hydrogens (tertiary/aromatic N) is 1. The van der Waals surface area contributed by atoms with E-state index in [1.54, 1.807) is 24.3 Å². The molecule has 0 spiro atoms. The molecule has 2 rings (SSSR count). The number of nitrogens with one attached hydrogen (secondary N) is 1. The van der Waals surface area contributed by atoms with Crippen molar-refractivity contribution in [3.05, 3.63) is 59.7 Å². The SMILES string of the molecule is CC(C)(C)c1ccc(C(=O)Nc2cccc(N=C=O)c2)cc1. The molecule has 4 nitrogen and oxygen atoms in total. The molecular formula is C18H18N2O2. The van der Waals surface area contributed by atoms with Crippen molar-refractivity contribution in [3.63, 3.8) is 0 Å². The quantitative estimate of drug-likeness (QED) is 0.681. The molecular weight excluding hydrogens is 276 g/mol. The van der Waals surface area contributed by atoms with E-state index in [1.807, 2.05) is 24.3 Å². The lowest BCUT2D eigenvalue weighted by molar-refractivity contribution is 0.102. The van der Waals surface area contributed by atoms with Gasteiger partial charge in [0.05, 0.1) is 5.69 Å². The van der Waals surface area contributed by atoms with Crippen LogP contribution in [0, 0.1) is 0 Å². The number of rotatable bonds is 3. The maximum Gasteiger partial charge on any atom is 0.255 e. The van der Waals surface area contributed by atoms with Crippen molar-refractivity contribution in [2.75, 3.05) is 5.32 Å². The van der Waals surface area contributed by atoms with Crippen LogP contribution in [0.15, 0.2) is 53.5 Å². The van der Waals surface area contributed by atoms with Crippen LogP contribution in [0.1, 0.15) is 36.7 Å². The van der Waals surface area contributed by atoms with E-state index in [1.165, 1.54) is 11.6 Å². The summed E-state index contributed by atoms with van der Waals surface area (Å²) < 4.78 is 0. The second-order valence-corrected chi connectivity index (χ2v) is 6.03. The molecule has 1 amide bonds. The molecule has 0 aromatic heterocycles. The molecule has 1 N–H and O–H groups in total. The second kappa shape index (κ2) is 6.37. The highest BCUT2D eigenvalue weighted by molar-refractivity contribution is 6.04. The molecule has 112 valence electrons. The summed E-state index contributed by atoms with van der Waals surface area (Å²) in [6.45, 7) is 6.38. The molecule has 0 bridgehead atoms. The van der Waals surface area contributed by atoms with Gasteiger partial charge in [-0.2, -0.15) is 4.99 Å². The van der Waals surface area contributed by atoms with E-state index in [0.29, 0.717) is 16.9 Å². The maximum absolute atomic E-state index is 12.2. The first-order chi connectivity index (χ1) is 10.4. The summed E-state index contributed by atoms with van der Waals surface area (Å²) in [4.78, 5) is 26.0. The van der Waals surface area contributed by atoms with Gasteiger partial charge in [-0.3, -0.25) is 4.79 Å². The number of hydrogen-bond donors (Lipinski definition) is 1. The number of carbonyl (C=O) groups is 1. The Morgan fingerprint density at radius 1 is 1.09 bits per heavy atom. The second-order valence-electron chi connectivity index (χ2n) is 6.03. The number of amides is 1. The summed E-state index contributed by atoms with van der Waals surface area (Å²) in [7, 11) is 0. The van der Waals surface area contributed by atoms with Gasteiger partial charge in [0.25, 0.3) is 5.91 Å². The first-order valence-electron chi connectivity index (χ1n) is 7.00. The van der Waals surface area contributed by atoms with Crippen molar-refractivity contribution in [1.82, 2.24) is 0 Å². The Balaban J connectivity index is 2.15. The van der Waals surface area contributed by atoms with Gasteiger partial charge in [0.2, 0.25) is 6.08 Å². The van der Waals surface area contributed by atoms with Gasteiger partial charge >= 0.3 is 0 Å². The monoisotopic (exact) mass is 294 g/mol. The number of isocyanates is 1. The number of aliphatic imine (C=N–C) groups is 1. The molecule has 2 aromatic rings. The molecule has 0 saturated carbocycles. The molecule has 0 heterocycles. The van der Waals surface area contributed by atoms with E-state index in [0.717, 1.165) is 0 Å². The molecule has 0 aliphatic rings. The van der Waals surface area contributed by atoms with Crippen LogP contribution in [-0.2, 0) is 10.2 Å². The van der Waals surface area contributed by atoms with Crippen LogP contribution in [-0.4, -0.2) is 12.0 Å². The van der Waals surface area contributed by atoms with Crippen molar-refractivity contribution in [2.45, 2.75) is 26.2 Å². The van der Waals surface area contributed by atoms with Gasteiger partial charge in [-0.25, -0.2) is 4.79 Å². The lowest BCUT2D eigenvalue weighted by atomic mass is 9.87. The molecule has 0 aliphatic carbocycles. The number of benzene rings is 2. The molecule has 0 saturated heterocycles. The van der Waals surface area contributed by atoms with Gasteiger partial charge in [0.1, 0.15) is 0 Å². The summed E-state index contributed by atoms with van der Waals surface area (Å²) in [5.41, 5.74) is 2.84. The average molecular weight is 294 g/mol. The summed E-state index contributed by atoms with van der Waals surface area (Å²) in [6.07, 6.45) is 1.48. The highest BCUT2D eigenvalue weighted by Crippen LogP contribution is 2.23. The van der Waals surface area contributed by atoms with Gasteiger partial charge < -0.3 is 5.32 Å². The average Bonchev–Trinajstić information content (AvgIpc) is 2.47. The zero-order valence-corrected chi connectivity index (χ0v) is 12.9. The number of carbonyl (C=O) groups excluding carboxylic acids is 2. The minimum absolute atomic E-state index is 0.0518. The molecule has 0 fully saturated rings. The van der Waals surface area contributed by atoms with E-state index in [-0.39, 0.29) is 11.3 Å². The van der Waals surface area contributed by atoms with Crippen LogP contribution in [0.3, 0.4) is 0 Å². The van der Waals surface area contributed by atoms with Crippen LogP contribution in [0.4, 0.5) is 11.4 Å². The fourth-order valence-corrected chi connectivity index (χ4v) is 2.03. The predicted octanol–water partition coefficient (Wildman–Crippen LogP) is 4.20. The molecule has 0 unspecified atom stereocenters. The Bertz CT molecular complexity index is 721. The highest BCUT2D eigenvalue weighted by atomic mass is 16.1. The van der Waals surface area contributed by atoms with Crippen molar-refractivity contribution < 1.29 is 9.59 Å². The predicted molar refractivity (Wildman–Crippen MR) is 87.3 cm³/mol. The summed E-state index contributed by atoms with van der Waals surface area (Å²) in [5.74, 6) is -0.201. The topological polar surface area (TPSA) is 58.5 Å². The summed E-state index contributed by atoms with van der Waals surface area (Å²) in [6, 6.07) is 14.3. The zero-order chi connectivity index (χ0) is 16.2. The summed E-state index contributed by atoms with van der Waals surface area (Å²) in [5, 5.41) is 2.79. The smallest absolute Gasteiger partial charge is 0.255 e. The van der Waals surface area contributed by atoms with Crippen molar-refractivity contribution in [2.24, 2.45) is 4.99 Å². The highest BCUT2D eigenvalue weighted by Gasteiger charge is 2.14. The van der Waals surface area contributed by atoms with E-state index >= 15 is 0 Å². The Labute approximate surface area is 129 Å². The van der Waals surface area contributed by atoms with E-state index in [2.05, 4.69) is 31.1 Å². The van der Waals surface area contributed by atoms with Crippen LogP contribution >= 0.6 is 0 Å². The Kier molecular flexibility index (Phi) is 4.54. The molecule has 0 radical (unpaired) electrons. The Morgan fingerprint density at radius 3 is 2.36 bits per heavy atom. The van der Waals surface area contributed by atoms with Crippen molar-refractivity contribution >= 4 is 23.4 Å². The fraction of sp³-hybridized carbons (Fsp3) is 0.222. The molecule has 22 heavy (non-hydrogen) atoms. The van der Waals surface area contributed by atoms with Gasteiger partial charge in [0.15, 0.2) is 0 Å². The van der Waals surface area contributed by atoms with Crippen LogP contribution in [0.5, 0.6) is 0 Å². The lowest BCUT2D eigenvalue weighted by Gasteiger charge is -2.19. The summed E-state index contributed by atoms with van der Waals surface area (Å²) >= 11 is 0. The van der Waals surface area contributed by atoms with Crippen molar-refractivity contribution in [1.29, 1.82) is 0 Å². The molecule has 0 aliphatic heterocycles. The first-order valence-corrected chi connectivity index (χ1v) is 7.00. The first kappa shape index (κ1) is 15.7. The normalized spacial score (nSPS) is 10.7. The van der Waals surface area contributed by atoms with Gasteiger partial charge in [0, 0.05) is 11.3 Å². The van der Waals surface area contributed by atoms with Crippen LogP contribution in [0.2, 0.25) is 0 Å². The minimum atomic E-state index is -0.201. The fourth-order valence-electron chi connectivity index (χ4n) is 2.03. The largest absolute Gasteiger partial charge is 0.322 e. The minimum Gasteiger partial charge on any atom is -0.322 e.